The third-order valence-electron chi connectivity index (χ3n) is 8.17. The van der Waals surface area contributed by atoms with Gasteiger partial charge in [0, 0.05) is 89.7 Å². The average Bonchev–Trinajstić information content (AvgIpc) is 3.10. The molecule has 8 nitrogen and oxygen atoms in total. The molecule has 0 radical (unpaired) electrons. The van der Waals surface area contributed by atoms with E-state index in [4.69, 9.17) is 0 Å². The number of anilines is 1. The monoisotopic (exact) mass is 505 g/mol. The summed E-state index contributed by atoms with van der Waals surface area (Å²) in [6, 6.07) is 14.6. The molecule has 3 aliphatic heterocycles. The molecular weight excluding hydrogens is 466 g/mol. The number of hydrogen-bond donors (Lipinski definition) is 2. The van der Waals surface area contributed by atoms with Crippen LogP contribution in [0, 0.1) is 0 Å². The first kappa shape index (κ1) is 25.7. The van der Waals surface area contributed by atoms with Crippen LogP contribution >= 0.6 is 0 Å². The van der Waals surface area contributed by atoms with Gasteiger partial charge in [0.15, 0.2) is 0 Å². The summed E-state index contributed by atoms with van der Waals surface area (Å²) in [5, 5.41) is 14.7. The lowest BCUT2D eigenvalue weighted by Crippen LogP contribution is -2.50. The summed E-state index contributed by atoms with van der Waals surface area (Å²) >= 11 is 0. The van der Waals surface area contributed by atoms with E-state index in [1.807, 2.05) is 17.0 Å². The summed E-state index contributed by atoms with van der Waals surface area (Å²) < 4.78 is 0. The molecule has 37 heavy (non-hydrogen) atoms. The maximum atomic E-state index is 13.3. The van der Waals surface area contributed by atoms with E-state index in [9.17, 15) is 14.7 Å². The van der Waals surface area contributed by atoms with Crippen molar-refractivity contribution < 1.29 is 14.7 Å². The standard InChI is InChI=1S/C29H39N5O3/c1-3-32-11-10-31(20-28(36)26-16-22-6-4-5-7-24(22)18-30-26)19-25-9-8-23(17-27(25)32)29(37)34-14-12-33(13-15-34)21(2)35/h4-9,17,26,28,30,36H,3,10-16,18-20H2,1-2H3/t26-,28?/m0/s1. The zero-order valence-electron chi connectivity index (χ0n) is 22.0. The highest BCUT2D eigenvalue weighted by Gasteiger charge is 2.29. The lowest BCUT2D eigenvalue weighted by Gasteiger charge is -2.34. The minimum Gasteiger partial charge on any atom is -0.390 e. The second kappa shape index (κ2) is 11.2. The summed E-state index contributed by atoms with van der Waals surface area (Å²) in [5.74, 6) is 0.0942. The summed E-state index contributed by atoms with van der Waals surface area (Å²) in [6.45, 7) is 10.8. The van der Waals surface area contributed by atoms with Gasteiger partial charge in [-0.05, 0) is 42.2 Å². The topological polar surface area (TPSA) is 79.4 Å². The second-order valence-corrected chi connectivity index (χ2v) is 10.5. The molecule has 3 aliphatic rings. The molecule has 1 saturated heterocycles. The van der Waals surface area contributed by atoms with Gasteiger partial charge >= 0.3 is 0 Å². The SMILES string of the molecule is CCN1CCN(CC(O)[C@@H]2Cc3ccccc3CN2)Cc2ccc(C(=O)N3CCN(C(C)=O)CC3)cc21. The Labute approximate surface area is 219 Å². The summed E-state index contributed by atoms with van der Waals surface area (Å²) in [4.78, 5) is 33.2. The van der Waals surface area contributed by atoms with E-state index in [0.717, 1.165) is 44.8 Å². The van der Waals surface area contributed by atoms with Crippen molar-refractivity contribution in [1.29, 1.82) is 0 Å². The Bertz CT molecular complexity index is 1130. The van der Waals surface area contributed by atoms with Crippen molar-refractivity contribution >= 4 is 17.5 Å². The van der Waals surface area contributed by atoms with Crippen LogP contribution in [0.2, 0.25) is 0 Å². The first-order valence-corrected chi connectivity index (χ1v) is 13.6. The molecule has 1 fully saturated rings. The molecule has 198 valence electrons. The van der Waals surface area contributed by atoms with Gasteiger partial charge in [-0.1, -0.05) is 30.3 Å². The van der Waals surface area contributed by atoms with E-state index >= 15 is 0 Å². The Morgan fingerprint density at radius 1 is 0.973 bits per heavy atom. The van der Waals surface area contributed by atoms with Gasteiger partial charge < -0.3 is 25.1 Å². The highest BCUT2D eigenvalue weighted by atomic mass is 16.3. The number of piperazine rings is 1. The second-order valence-electron chi connectivity index (χ2n) is 10.5. The summed E-state index contributed by atoms with van der Waals surface area (Å²) in [6.07, 6.45) is 0.383. The summed E-state index contributed by atoms with van der Waals surface area (Å²) in [5.41, 5.74) is 5.64. The van der Waals surface area contributed by atoms with Gasteiger partial charge in [0.2, 0.25) is 5.91 Å². The average molecular weight is 506 g/mol. The van der Waals surface area contributed by atoms with Crippen LogP contribution in [0.5, 0.6) is 0 Å². The Morgan fingerprint density at radius 2 is 1.70 bits per heavy atom. The predicted octanol–water partition coefficient (Wildman–Crippen LogP) is 1.71. The lowest BCUT2D eigenvalue weighted by molar-refractivity contribution is -0.130. The zero-order chi connectivity index (χ0) is 25.9. The van der Waals surface area contributed by atoms with Gasteiger partial charge in [-0.2, -0.15) is 0 Å². The number of benzene rings is 2. The summed E-state index contributed by atoms with van der Waals surface area (Å²) in [7, 11) is 0. The Balaban J connectivity index is 1.25. The number of aliphatic hydroxyl groups excluding tert-OH is 1. The fourth-order valence-corrected chi connectivity index (χ4v) is 5.86. The highest BCUT2D eigenvalue weighted by Crippen LogP contribution is 2.28. The fraction of sp³-hybridized carbons (Fsp3) is 0.517. The van der Waals surface area contributed by atoms with Gasteiger partial charge in [-0.3, -0.25) is 14.5 Å². The van der Waals surface area contributed by atoms with Crippen LogP contribution in [-0.2, 0) is 24.3 Å². The molecule has 2 N–H and O–H groups in total. The number of likely N-dealkylation sites (N-methyl/N-ethyl adjacent to an activating group) is 1. The van der Waals surface area contributed by atoms with Crippen LogP contribution in [0.25, 0.3) is 0 Å². The lowest BCUT2D eigenvalue weighted by atomic mass is 9.93. The first-order valence-electron chi connectivity index (χ1n) is 13.6. The van der Waals surface area contributed by atoms with Gasteiger partial charge in [0.25, 0.3) is 5.91 Å². The van der Waals surface area contributed by atoms with Crippen molar-refractivity contribution in [3.63, 3.8) is 0 Å². The minimum absolute atomic E-state index is 0.0298. The van der Waals surface area contributed by atoms with Gasteiger partial charge in [-0.25, -0.2) is 0 Å². The van der Waals surface area contributed by atoms with Crippen molar-refractivity contribution in [3.8, 4) is 0 Å². The molecule has 2 atom stereocenters. The zero-order valence-corrected chi connectivity index (χ0v) is 22.0. The molecule has 0 aromatic heterocycles. The van der Waals surface area contributed by atoms with Crippen molar-refractivity contribution in [2.75, 3.05) is 57.3 Å². The molecule has 2 aromatic rings. The van der Waals surface area contributed by atoms with Gasteiger partial charge in [0.05, 0.1) is 6.10 Å². The molecule has 3 heterocycles. The van der Waals surface area contributed by atoms with E-state index < -0.39 is 6.10 Å². The number of carbonyl (C=O) groups excluding carboxylic acids is 2. The molecule has 2 amide bonds. The van der Waals surface area contributed by atoms with Crippen molar-refractivity contribution in [2.24, 2.45) is 0 Å². The van der Waals surface area contributed by atoms with Crippen molar-refractivity contribution in [3.05, 3.63) is 64.7 Å². The third kappa shape index (κ3) is 5.66. The number of carbonyl (C=O) groups is 2. The van der Waals surface area contributed by atoms with Crippen LogP contribution in [0.4, 0.5) is 5.69 Å². The number of fused-ring (bicyclic) bond motifs is 2. The largest absolute Gasteiger partial charge is 0.390 e. The van der Waals surface area contributed by atoms with Crippen LogP contribution in [-0.4, -0.2) is 96.1 Å². The Kier molecular flexibility index (Phi) is 7.79. The number of β-amino-alcohol motifs (C(OH)–C–C–N with tert-alkyl or cyclic N) is 1. The molecule has 0 aliphatic carbocycles. The maximum absolute atomic E-state index is 13.3. The number of rotatable bonds is 5. The molecular formula is C29H39N5O3. The molecule has 5 rings (SSSR count). The predicted molar refractivity (Wildman–Crippen MR) is 145 cm³/mol. The first-order chi connectivity index (χ1) is 17.9. The number of aliphatic hydroxyl groups is 1. The van der Waals surface area contributed by atoms with E-state index in [0.29, 0.717) is 38.3 Å². The van der Waals surface area contributed by atoms with Gasteiger partial charge in [0.1, 0.15) is 0 Å². The van der Waals surface area contributed by atoms with E-state index in [-0.39, 0.29) is 17.9 Å². The molecule has 1 unspecified atom stereocenters. The normalized spacial score (nSPS) is 21.2. The third-order valence-corrected chi connectivity index (χ3v) is 8.17. The minimum atomic E-state index is -0.459. The Hall–Kier alpha value is -2.94. The Morgan fingerprint density at radius 3 is 2.43 bits per heavy atom. The number of nitrogens with one attached hydrogen (secondary N) is 1. The van der Waals surface area contributed by atoms with Gasteiger partial charge in [-0.15, -0.1) is 0 Å². The van der Waals surface area contributed by atoms with E-state index in [1.54, 1.807) is 11.8 Å². The molecule has 0 bridgehead atoms. The highest BCUT2D eigenvalue weighted by molar-refractivity contribution is 5.95. The smallest absolute Gasteiger partial charge is 0.254 e. The fourth-order valence-electron chi connectivity index (χ4n) is 5.86. The molecule has 2 aromatic carbocycles. The van der Waals surface area contributed by atoms with Crippen LogP contribution in [0.3, 0.4) is 0 Å². The number of amides is 2. The molecule has 8 heteroatoms. The van der Waals surface area contributed by atoms with Crippen LogP contribution in [0.15, 0.2) is 42.5 Å². The van der Waals surface area contributed by atoms with Crippen LogP contribution < -0.4 is 10.2 Å². The quantitative estimate of drug-likeness (QED) is 0.644. The number of hydrogen-bond acceptors (Lipinski definition) is 6. The molecule has 0 saturated carbocycles. The van der Waals surface area contributed by atoms with E-state index in [1.165, 1.54) is 16.7 Å². The maximum Gasteiger partial charge on any atom is 0.254 e. The van der Waals surface area contributed by atoms with E-state index in [2.05, 4.69) is 52.4 Å². The van der Waals surface area contributed by atoms with Crippen molar-refractivity contribution in [2.45, 2.75) is 45.5 Å². The van der Waals surface area contributed by atoms with Crippen molar-refractivity contribution in [1.82, 2.24) is 20.0 Å². The van der Waals surface area contributed by atoms with Crippen LogP contribution in [0.1, 0.15) is 40.9 Å². The number of nitrogens with zero attached hydrogens (tertiary/aromatic N) is 4. The molecule has 0 spiro atoms.